The summed E-state index contributed by atoms with van der Waals surface area (Å²) in [7, 11) is 4.61. The molecule has 0 aliphatic heterocycles. The Morgan fingerprint density at radius 2 is 1.40 bits per heavy atom. The summed E-state index contributed by atoms with van der Waals surface area (Å²) in [6.45, 7) is 4.68. The Hall–Kier alpha value is -1.90. The average molecular weight is 560 g/mol. The Balaban J connectivity index is 0.00000562. The Labute approximate surface area is 220 Å². The van der Waals surface area contributed by atoms with Gasteiger partial charge in [0.15, 0.2) is 16.2 Å². The van der Waals surface area contributed by atoms with E-state index in [0.29, 0.717) is 35.6 Å². The molecular formula is C26H47BrN4O4. The average Bonchev–Trinajstić information content (AvgIpc) is 3.22. The minimum atomic E-state index is -0.252. The van der Waals surface area contributed by atoms with Crippen LogP contribution in [0.25, 0.3) is 0 Å². The van der Waals surface area contributed by atoms with Crippen LogP contribution in [0.4, 0.5) is 5.82 Å². The van der Waals surface area contributed by atoms with Gasteiger partial charge in [-0.15, -0.1) is 0 Å². The standard InChI is InChI=1S/C24H41BrN4O4.C2H6/c1-26-23(32)21-22(28(2)19-30)27-24(25)29(21)18-16-14-12-10-8-6-4-5-7-9-11-13-15-17-20(31)33-3;1-2/h19H,4-18H2,1-3H3,(H,26,32);1-2H3. The predicted octanol–water partition coefficient (Wildman–Crippen LogP) is 6.26. The Morgan fingerprint density at radius 1 is 0.943 bits per heavy atom. The molecule has 1 N–H and O–H groups in total. The fourth-order valence-corrected chi connectivity index (χ4v) is 4.36. The number of amides is 2. The van der Waals surface area contributed by atoms with E-state index in [0.717, 1.165) is 25.7 Å². The highest BCUT2D eigenvalue weighted by Crippen LogP contribution is 2.24. The molecule has 2 amide bonds. The van der Waals surface area contributed by atoms with E-state index >= 15 is 0 Å². The van der Waals surface area contributed by atoms with Crippen LogP contribution in [0, 0.1) is 0 Å². The van der Waals surface area contributed by atoms with E-state index in [1.165, 1.54) is 69.8 Å². The number of nitrogens with zero attached hydrogens (tertiary/aromatic N) is 3. The number of methoxy groups -OCH3 is 1. The number of aromatic nitrogens is 2. The van der Waals surface area contributed by atoms with Gasteiger partial charge in [0.25, 0.3) is 5.91 Å². The number of rotatable bonds is 19. The number of unbranched alkanes of at least 4 members (excludes halogenated alkanes) is 12. The van der Waals surface area contributed by atoms with Gasteiger partial charge < -0.3 is 19.5 Å². The summed E-state index contributed by atoms with van der Waals surface area (Å²) in [5, 5.41) is 2.63. The third-order valence-corrected chi connectivity index (χ3v) is 6.43. The van der Waals surface area contributed by atoms with Crippen molar-refractivity contribution in [2.45, 2.75) is 110 Å². The highest BCUT2D eigenvalue weighted by atomic mass is 79.9. The van der Waals surface area contributed by atoms with Crippen LogP contribution in [0.3, 0.4) is 0 Å². The third kappa shape index (κ3) is 13.7. The maximum absolute atomic E-state index is 12.3. The Morgan fingerprint density at radius 3 is 1.83 bits per heavy atom. The van der Waals surface area contributed by atoms with Gasteiger partial charge >= 0.3 is 5.97 Å². The molecule has 0 spiro atoms. The number of anilines is 1. The molecule has 8 nitrogen and oxygen atoms in total. The molecule has 0 fully saturated rings. The van der Waals surface area contributed by atoms with E-state index in [4.69, 9.17) is 0 Å². The van der Waals surface area contributed by atoms with Gasteiger partial charge in [0, 0.05) is 27.1 Å². The monoisotopic (exact) mass is 558 g/mol. The molecular weight excluding hydrogens is 512 g/mol. The molecule has 9 heteroatoms. The van der Waals surface area contributed by atoms with Crippen LogP contribution < -0.4 is 10.2 Å². The third-order valence-electron chi connectivity index (χ3n) is 5.83. The normalized spacial score (nSPS) is 10.3. The van der Waals surface area contributed by atoms with Crippen molar-refractivity contribution >= 4 is 40.0 Å². The molecule has 0 unspecified atom stereocenters. The van der Waals surface area contributed by atoms with Crippen molar-refractivity contribution in [1.29, 1.82) is 0 Å². The van der Waals surface area contributed by atoms with Crippen LogP contribution in [-0.4, -0.2) is 49.0 Å². The maximum Gasteiger partial charge on any atom is 0.305 e. The summed E-state index contributed by atoms with van der Waals surface area (Å²) in [6.07, 6.45) is 16.6. The minimum Gasteiger partial charge on any atom is -0.469 e. The highest BCUT2D eigenvalue weighted by Gasteiger charge is 2.23. The lowest BCUT2D eigenvalue weighted by atomic mass is 10.0. The van der Waals surface area contributed by atoms with Crippen LogP contribution in [0.5, 0.6) is 0 Å². The van der Waals surface area contributed by atoms with Crippen molar-refractivity contribution in [2.24, 2.45) is 0 Å². The van der Waals surface area contributed by atoms with Crippen molar-refractivity contribution < 1.29 is 19.1 Å². The zero-order valence-electron chi connectivity index (χ0n) is 22.5. The molecule has 1 rings (SSSR count). The van der Waals surface area contributed by atoms with Gasteiger partial charge in [-0.2, -0.15) is 0 Å². The van der Waals surface area contributed by atoms with Gasteiger partial charge in [0.1, 0.15) is 0 Å². The maximum atomic E-state index is 12.3. The number of ether oxygens (including phenoxy) is 1. The molecule has 0 bridgehead atoms. The molecule has 0 radical (unpaired) electrons. The molecule has 0 atom stereocenters. The second-order valence-corrected chi connectivity index (χ2v) is 9.13. The molecule has 0 aromatic carbocycles. The lowest BCUT2D eigenvalue weighted by molar-refractivity contribution is -0.140. The van der Waals surface area contributed by atoms with Crippen LogP contribution >= 0.6 is 15.9 Å². The molecule has 1 aromatic rings. The Kier molecular flexibility index (Phi) is 20.2. The predicted molar refractivity (Wildman–Crippen MR) is 146 cm³/mol. The van der Waals surface area contributed by atoms with E-state index in [1.807, 2.05) is 18.4 Å². The van der Waals surface area contributed by atoms with Crippen molar-refractivity contribution in [3.05, 3.63) is 10.4 Å². The molecule has 1 heterocycles. The van der Waals surface area contributed by atoms with Crippen molar-refractivity contribution in [2.75, 3.05) is 26.1 Å². The second kappa shape index (κ2) is 21.4. The van der Waals surface area contributed by atoms with Gasteiger partial charge in [0.2, 0.25) is 6.41 Å². The second-order valence-electron chi connectivity index (χ2n) is 8.42. The number of nitrogens with one attached hydrogen (secondary N) is 1. The number of carbonyl (C=O) groups is 3. The van der Waals surface area contributed by atoms with E-state index in [-0.39, 0.29) is 11.9 Å². The van der Waals surface area contributed by atoms with Gasteiger partial charge in [-0.05, 0) is 28.8 Å². The quantitative estimate of drug-likeness (QED) is 0.123. The number of hydrogen-bond donors (Lipinski definition) is 1. The Bertz CT molecular complexity index is 724. The summed E-state index contributed by atoms with van der Waals surface area (Å²) in [5.41, 5.74) is 0.405. The summed E-state index contributed by atoms with van der Waals surface area (Å²) < 4.78 is 7.05. The summed E-state index contributed by atoms with van der Waals surface area (Å²) in [4.78, 5) is 40.1. The lowest BCUT2D eigenvalue weighted by Crippen LogP contribution is -2.26. The summed E-state index contributed by atoms with van der Waals surface area (Å²) in [5.74, 6) is 0.00493. The van der Waals surface area contributed by atoms with Crippen LogP contribution in [0.1, 0.15) is 114 Å². The first-order valence-corrected chi connectivity index (χ1v) is 14.0. The first-order valence-electron chi connectivity index (χ1n) is 13.2. The molecule has 202 valence electrons. The molecule has 0 saturated carbocycles. The van der Waals surface area contributed by atoms with E-state index in [9.17, 15) is 14.4 Å². The minimum absolute atomic E-state index is 0.102. The van der Waals surface area contributed by atoms with Gasteiger partial charge in [-0.3, -0.25) is 14.4 Å². The largest absolute Gasteiger partial charge is 0.469 e. The van der Waals surface area contributed by atoms with E-state index in [1.54, 1.807) is 14.1 Å². The van der Waals surface area contributed by atoms with E-state index in [2.05, 4.69) is 31.0 Å². The molecule has 0 aliphatic carbocycles. The zero-order valence-corrected chi connectivity index (χ0v) is 24.1. The fraction of sp³-hybridized carbons (Fsp3) is 0.769. The number of carbonyl (C=O) groups excluding carboxylic acids is 3. The van der Waals surface area contributed by atoms with Crippen LogP contribution in [0.15, 0.2) is 4.73 Å². The fourth-order valence-electron chi connectivity index (χ4n) is 3.84. The lowest BCUT2D eigenvalue weighted by Gasteiger charge is -2.12. The molecule has 0 aliphatic rings. The number of halogens is 1. The number of imidazole rings is 1. The summed E-state index contributed by atoms with van der Waals surface area (Å²) >= 11 is 3.42. The van der Waals surface area contributed by atoms with Gasteiger partial charge in [-0.1, -0.05) is 84.5 Å². The first kappa shape index (κ1) is 33.1. The number of esters is 1. The number of hydrogen-bond acceptors (Lipinski definition) is 5. The SMILES string of the molecule is CC.CNC(=O)c1c(N(C)C=O)nc(Br)n1CCCCCCCCCCCCCCCC(=O)OC. The first-order chi connectivity index (χ1) is 17.0. The van der Waals surface area contributed by atoms with E-state index < -0.39 is 0 Å². The highest BCUT2D eigenvalue weighted by molar-refractivity contribution is 9.10. The van der Waals surface area contributed by atoms with Gasteiger partial charge in [-0.25, -0.2) is 4.98 Å². The van der Waals surface area contributed by atoms with Crippen molar-refractivity contribution in [3.8, 4) is 0 Å². The molecule has 35 heavy (non-hydrogen) atoms. The molecule has 1 aromatic heterocycles. The zero-order chi connectivity index (χ0) is 26.5. The topological polar surface area (TPSA) is 93.5 Å². The molecule has 0 saturated heterocycles. The summed E-state index contributed by atoms with van der Waals surface area (Å²) in [6, 6.07) is 0. The smallest absolute Gasteiger partial charge is 0.305 e. The van der Waals surface area contributed by atoms with Crippen molar-refractivity contribution in [3.63, 3.8) is 0 Å². The van der Waals surface area contributed by atoms with Crippen LogP contribution in [0.2, 0.25) is 0 Å². The van der Waals surface area contributed by atoms with Gasteiger partial charge in [0.05, 0.1) is 7.11 Å². The van der Waals surface area contributed by atoms with Crippen molar-refractivity contribution in [1.82, 2.24) is 14.9 Å². The van der Waals surface area contributed by atoms with Crippen LogP contribution in [-0.2, 0) is 20.9 Å².